The van der Waals surface area contributed by atoms with Crippen LogP contribution in [0.4, 0.5) is 10.1 Å². The minimum absolute atomic E-state index is 0. The standard InChI is InChI=1S/C6H4FNO5S.K.H/c7-5-2-1-4(14(11,12)13)3-6(5)8(9)10;;/h1-3H,(H,11,12,13);;. The molecule has 1 aromatic rings. The van der Waals surface area contributed by atoms with Crippen LogP contribution in [0.3, 0.4) is 0 Å². The van der Waals surface area contributed by atoms with Crippen molar-refractivity contribution in [3.63, 3.8) is 0 Å². The van der Waals surface area contributed by atoms with Crippen molar-refractivity contribution in [2.75, 3.05) is 0 Å². The number of rotatable bonds is 2. The van der Waals surface area contributed by atoms with Crippen LogP contribution < -0.4 is 0 Å². The molecule has 0 saturated heterocycles. The van der Waals surface area contributed by atoms with Gasteiger partial charge in [0.25, 0.3) is 10.1 Å². The van der Waals surface area contributed by atoms with Crippen LogP contribution in [-0.4, -0.2) is 69.3 Å². The van der Waals surface area contributed by atoms with Crippen LogP contribution in [0.15, 0.2) is 23.1 Å². The summed E-state index contributed by atoms with van der Waals surface area (Å²) in [5.41, 5.74) is -1.000. The number of nitro groups is 1. The van der Waals surface area contributed by atoms with Crippen LogP contribution >= 0.6 is 0 Å². The first-order chi connectivity index (χ1) is 6.32. The van der Waals surface area contributed by atoms with Gasteiger partial charge in [-0.2, -0.15) is 12.8 Å². The summed E-state index contributed by atoms with van der Waals surface area (Å²) in [6.45, 7) is 0. The second-order valence-corrected chi connectivity index (χ2v) is 3.77. The fourth-order valence-corrected chi connectivity index (χ4v) is 1.29. The molecule has 0 unspecified atom stereocenters. The van der Waals surface area contributed by atoms with E-state index in [-0.39, 0.29) is 51.4 Å². The zero-order valence-corrected chi connectivity index (χ0v) is 7.36. The third kappa shape index (κ3) is 3.87. The molecule has 1 aromatic carbocycles. The second-order valence-electron chi connectivity index (χ2n) is 2.35. The molecule has 0 heterocycles. The molecule has 0 spiro atoms. The van der Waals surface area contributed by atoms with E-state index >= 15 is 0 Å². The Labute approximate surface area is 127 Å². The van der Waals surface area contributed by atoms with Gasteiger partial charge in [0.05, 0.1) is 4.92 Å². The topological polar surface area (TPSA) is 97.5 Å². The minimum atomic E-state index is -4.55. The van der Waals surface area contributed by atoms with E-state index in [4.69, 9.17) is 4.55 Å². The molecule has 0 aliphatic heterocycles. The molecular weight excluding hydrogens is 256 g/mol. The Kier molecular flexibility index (Phi) is 5.47. The van der Waals surface area contributed by atoms with E-state index < -0.39 is 31.4 Å². The van der Waals surface area contributed by atoms with Gasteiger partial charge in [0.15, 0.2) is 0 Å². The molecule has 0 aliphatic rings. The Morgan fingerprint density at radius 2 is 1.93 bits per heavy atom. The second kappa shape index (κ2) is 5.43. The summed E-state index contributed by atoms with van der Waals surface area (Å²) in [5.74, 6) is -1.16. The summed E-state index contributed by atoms with van der Waals surface area (Å²) in [6.07, 6.45) is 0. The predicted octanol–water partition coefficient (Wildman–Crippen LogP) is 0.332. The number of halogens is 1. The third-order valence-electron chi connectivity index (χ3n) is 1.41. The Hall–Kier alpha value is 0.0964. The van der Waals surface area contributed by atoms with Crippen LogP contribution in [0, 0.1) is 15.9 Å². The quantitative estimate of drug-likeness (QED) is 0.358. The first-order valence-electron chi connectivity index (χ1n) is 3.24. The van der Waals surface area contributed by atoms with Crippen molar-refractivity contribution in [1.29, 1.82) is 0 Å². The van der Waals surface area contributed by atoms with E-state index in [0.29, 0.717) is 12.1 Å². The molecule has 0 aliphatic carbocycles. The zero-order chi connectivity index (χ0) is 10.9. The van der Waals surface area contributed by atoms with E-state index in [2.05, 4.69) is 0 Å². The summed E-state index contributed by atoms with van der Waals surface area (Å²) in [6, 6.07) is 1.78. The van der Waals surface area contributed by atoms with E-state index in [1.165, 1.54) is 0 Å². The number of hydrogen-bond acceptors (Lipinski definition) is 4. The van der Waals surface area contributed by atoms with E-state index in [1.807, 2.05) is 0 Å². The monoisotopic (exact) mass is 261 g/mol. The normalized spacial score (nSPS) is 10.5. The molecule has 0 aromatic heterocycles. The van der Waals surface area contributed by atoms with Crippen LogP contribution in [0.2, 0.25) is 0 Å². The van der Waals surface area contributed by atoms with Gasteiger partial charge in [-0.05, 0) is 12.1 Å². The summed E-state index contributed by atoms with van der Waals surface area (Å²) in [4.78, 5) is 8.39. The van der Waals surface area contributed by atoms with Crippen LogP contribution in [0.5, 0.6) is 0 Å². The Bertz CT molecular complexity index is 488. The average molecular weight is 261 g/mol. The molecule has 0 saturated carbocycles. The molecule has 0 fully saturated rings. The van der Waals surface area contributed by atoms with Crippen LogP contribution in [0.1, 0.15) is 0 Å². The molecule has 0 atom stereocenters. The third-order valence-corrected chi connectivity index (χ3v) is 2.26. The number of hydrogen-bond donors (Lipinski definition) is 1. The summed E-state index contributed by atoms with van der Waals surface area (Å²) < 4.78 is 42.3. The first-order valence-corrected chi connectivity index (χ1v) is 4.68. The van der Waals surface area contributed by atoms with E-state index in [1.54, 1.807) is 0 Å². The van der Waals surface area contributed by atoms with Gasteiger partial charge in [-0.3, -0.25) is 14.7 Å². The molecule has 0 bridgehead atoms. The van der Waals surface area contributed by atoms with Crippen molar-refractivity contribution in [3.8, 4) is 0 Å². The molecule has 1 N–H and O–H groups in total. The van der Waals surface area contributed by atoms with Gasteiger partial charge in [-0.15, -0.1) is 0 Å². The summed E-state index contributed by atoms with van der Waals surface area (Å²) in [5, 5.41) is 10.2. The fourth-order valence-electron chi connectivity index (χ4n) is 0.793. The Morgan fingerprint density at radius 1 is 1.40 bits per heavy atom. The number of nitro benzene ring substituents is 1. The summed E-state index contributed by atoms with van der Waals surface area (Å²) >= 11 is 0. The molecule has 0 amide bonds. The van der Waals surface area contributed by atoms with Gasteiger partial charge in [-0.25, -0.2) is 0 Å². The van der Waals surface area contributed by atoms with Crippen LogP contribution in [0.25, 0.3) is 0 Å². The maximum absolute atomic E-state index is 12.7. The fraction of sp³-hybridized carbons (Fsp3) is 0. The van der Waals surface area contributed by atoms with Gasteiger partial charge in [-0.1, -0.05) is 0 Å². The van der Waals surface area contributed by atoms with Crippen molar-refractivity contribution < 1.29 is 22.3 Å². The van der Waals surface area contributed by atoms with E-state index in [9.17, 15) is 22.9 Å². The van der Waals surface area contributed by atoms with Gasteiger partial charge < -0.3 is 0 Å². The van der Waals surface area contributed by atoms with E-state index in [0.717, 1.165) is 6.07 Å². The molecule has 78 valence electrons. The summed E-state index contributed by atoms with van der Waals surface area (Å²) in [7, 11) is -4.55. The molecule has 1 rings (SSSR count). The average Bonchev–Trinajstić information content (AvgIpc) is 2.02. The Morgan fingerprint density at radius 3 is 2.33 bits per heavy atom. The number of benzene rings is 1. The first kappa shape index (κ1) is 15.1. The molecule has 9 heteroatoms. The number of nitrogens with zero attached hydrogens (tertiary/aromatic N) is 1. The van der Waals surface area contributed by atoms with Crippen molar-refractivity contribution >= 4 is 67.2 Å². The Balaban J connectivity index is 0.00000196. The van der Waals surface area contributed by atoms with Crippen LogP contribution in [-0.2, 0) is 10.1 Å². The predicted molar refractivity (Wildman–Crippen MR) is 50.0 cm³/mol. The zero-order valence-electron chi connectivity index (χ0n) is 6.55. The molecule has 6 nitrogen and oxygen atoms in total. The van der Waals surface area contributed by atoms with Gasteiger partial charge in [0, 0.05) is 6.07 Å². The van der Waals surface area contributed by atoms with Crippen molar-refractivity contribution in [2.45, 2.75) is 4.90 Å². The van der Waals surface area contributed by atoms with Gasteiger partial charge in [0.1, 0.15) is 4.90 Å². The van der Waals surface area contributed by atoms with Crippen molar-refractivity contribution in [1.82, 2.24) is 0 Å². The SMILES string of the molecule is O=[N+]([O-])c1cc(S(=O)(=O)O)ccc1F.[KH]. The molecule has 15 heavy (non-hydrogen) atoms. The van der Waals surface area contributed by atoms with Crippen molar-refractivity contribution in [2.24, 2.45) is 0 Å². The molecular formula is C6H5FKNO5S. The maximum atomic E-state index is 12.7. The van der Waals surface area contributed by atoms with Gasteiger partial charge in [0.2, 0.25) is 5.82 Å². The van der Waals surface area contributed by atoms with Crippen molar-refractivity contribution in [3.05, 3.63) is 34.1 Å². The van der Waals surface area contributed by atoms with Gasteiger partial charge >= 0.3 is 57.1 Å². The molecule has 0 radical (unpaired) electrons.